The number of halogens is 1. The van der Waals surface area contributed by atoms with Gasteiger partial charge < -0.3 is 10.1 Å². The zero-order valence-electron chi connectivity index (χ0n) is 10.1. The van der Waals surface area contributed by atoms with Gasteiger partial charge in [-0.15, -0.1) is 0 Å². The highest BCUT2D eigenvalue weighted by Gasteiger charge is 2.28. The van der Waals surface area contributed by atoms with E-state index >= 15 is 0 Å². The summed E-state index contributed by atoms with van der Waals surface area (Å²) in [5, 5.41) is 2.44. The first-order valence-electron chi connectivity index (χ1n) is 4.74. The number of carbonyl (C=O) groups excluding carboxylic acids is 1. The molecule has 0 saturated carbocycles. The van der Waals surface area contributed by atoms with Crippen LogP contribution in [0.15, 0.2) is 0 Å². The number of hydrogen-bond donors (Lipinski definition) is 1. The van der Waals surface area contributed by atoms with Crippen LogP contribution in [0.4, 0.5) is 4.79 Å². The lowest BCUT2D eigenvalue weighted by molar-refractivity contribution is 0.0482. The summed E-state index contributed by atoms with van der Waals surface area (Å²) in [6.45, 7) is 8.27. The summed E-state index contributed by atoms with van der Waals surface area (Å²) in [5.41, 5.74) is -1.59. The Labute approximate surface area is 101 Å². The van der Waals surface area contributed by atoms with Gasteiger partial charge in [-0.1, -0.05) is 0 Å². The van der Waals surface area contributed by atoms with Gasteiger partial charge in [-0.05, 0) is 34.6 Å². The molecule has 0 aromatic rings. The second-order valence-electron chi connectivity index (χ2n) is 5.19. The van der Waals surface area contributed by atoms with Crippen molar-refractivity contribution in [2.24, 2.45) is 0 Å². The topological polar surface area (TPSA) is 72.5 Å². The Morgan fingerprint density at radius 1 is 1.25 bits per heavy atom. The van der Waals surface area contributed by atoms with Gasteiger partial charge in [0.2, 0.25) is 9.05 Å². The summed E-state index contributed by atoms with van der Waals surface area (Å²) >= 11 is 0. The molecule has 7 heteroatoms. The molecule has 0 aliphatic heterocycles. The normalized spacial score (nSPS) is 13.4. The SMILES string of the molecule is CC(C)(CS(=O)(=O)Cl)NC(=O)OC(C)(C)C. The molecule has 1 N–H and O–H groups in total. The van der Waals surface area contributed by atoms with Crippen LogP contribution in [0.5, 0.6) is 0 Å². The molecular weight excluding hydrogens is 254 g/mol. The number of amides is 1. The third kappa shape index (κ3) is 8.79. The van der Waals surface area contributed by atoms with Gasteiger partial charge in [-0.2, -0.15) is 0 Å². The van der Waals surface area contributed by atoms with Crippen molar-refractivity contribution >= 4 is 25.8 Å². The van der Waals surface area contributed by atoms with Crippen LogP contribution in [0.2, 0.25) is 0 Å². The lowest BCUT2D eigenvalue weighted by atomic mass is 10.1. The monoisotopic (exact) mass is 271 g/mol. The van der Waals surface area contributed by atoms with E-state index < -0.39 is 26.3 Å². The number of ether oxygens (including phenoxy) is 1. The highest BCUT2D eigenvalue weighted by atomic mass is 35.7. The van der Waals surface area contributed by atoms with E-state index in [0.29, 0.717) is 0 Å². The standard InChI is InChI=1S/C9H18ClNO4S/c1-8(2,3)15-7(12)11-9(4,5)6-16(10,13)14/h6H2,1-5H3,(H,11,12). The van der Waals surface area contributed by atoms with Gasteiger partial charge >= 0.3 is 6.09 Å². The van der Waals surface area contributed by atoms with Crippen LogP contribution in [0.3, 0.4) is 0 Å². The molecule has 16 heavy (non-hydrogen) atoms. The highest BCUT2D eigenvalue weighted by molar-refractivity contribution is 8.13. The van der Waals surface area contributed by atoms with Crippen LogP contribution in [0, 0.1) is 0 Å². The second-order valence-corrected chi connectivity index (χ2v) is 7.97. The van der Waals surface area contributed by atoms with Gasteiger partial charge in [0.05, 0.1) is 11.3 Å². The number of carbonyl (C=O) groups is 1. The lowest BCUT2D eigenvalue weighted by Gasteiger charge is -2.27. The number of hydrogen-bond acceptors (Lipinski definition) is 4. The van der Waals surface area contributed by atoms with Crippen molar-refractivity contribution in [1.82, 2.24) is 5.32 Å². The average molecular weight is 272 g/mol. The molecule has 96 valence electrons. The molecule has 0 bridgehead atoms. The van der Waals surface area contributed by atoms with E-state index in [9.17, 15) is 13.2 Å². The maximum Gasteiger partial charge on any atom is 0.408 e. The average Bonchev–Trinajstić information content (AvgIpc) is 1.70. The Morgan fingerprint density at radius 2 is 1.69 bits per heavy atom. The number of rotatable bonds is 3. The van der Waals surface area contributed by atoms with Crippen LogP contribution in [0.25, 0.3) is 0 Å². The van der Waals surface area contributed by atoms with Crippen molar-refractivity contribution < 1.29 is 17.9 Å². The largest absolute Gasteiger partial charge is 0.444 e. The van der Waals surface area contributed by atoms with Gasteiger partial charge in [0.1, 0.15) is 5.60 Å². The van der Waals surface area contributed by atoms with Crippen LogP contribution in [-0.2, 0) is 13.8 Å². The third-order valence-electron chi connectivity index (χ3n) is 1.37. The fourth-order valence-corrected chi connectivity index (χ4v) is 2.80. The minimum Gasteiger partial charge on any atom is -0.444 e. The van der Waals surface area contributed by atoms with Crippen molar-refractivity contribution in [1.29, 1.82) is 0 Å². The Balaban J connectivity index is 4.43. The molecule has 0 radical (unpaired) electrons. The summed E-state index contributed by atoms with van der Waals surface area (Å²) in [7, 11) is 1.45. The van der Waals surface area contributed by atoms with Crippen molar-refractivity contribution in [3.05, 3.63) is 0 Å². The van der Waals surface area contributed by atoms with E-state index in [-0.39, 0.29) is 5.75 Å². The van der Waals surface area contributed by atoms with E-state index in [2.05, 4.69) is 5.32 Å². The van der Waals surface area contributed by atoms with Crippen molar-refractivity contribution in [2.45, 2.75) is 45.8 Å². The predicted octanol–water partition coefficient (Wildman–Crippen LogP) is 1.86. The van der Waals surface area contributed by atoms with Crippen LogP contribution < -0.4 is 5.32 Å². The molecule has 0 unspecified atom stereocenters. The van der Waals surface area contributed by atoms with Crippen molar-refractivity contribution in [3.63, 3.8) is 0 Å². The molecule has 5 nitrogen and oxygen atoms in total. The minimum atomic E-state index is -3.67. The zero-order chi connectivity index (χ0) is 13.2. The first-order chi connectivity index (χ1) is 6.81. The molecule has 0 aromatic carbocycles. The minimum absolute atomic E-state index is 0.360. The maximum absolute atomic E-state index is 11.4. The highest BCUT2D eigenvalue weighted by Crippen LogP contribution is 2.12. The third-order valence-corrected chi connectivity index (χ3v) is 2.77. The van der Waals surface area contributed by atoms with Crippen LogP contribution >= 0.6 is 10.7 Å². The van der Waals surface area contributed by atoms with Gasteiger partial charge in [0.25, 0.3) is 0 Å². The Bertz CT molecular complexity index is 356. The molecule has 0 fully saturated rings. The van der Waals surface area contributed by atoms with E-state index in [4.69, 9.17) is 15.4 Å². The molecule has 0 aliphatic carbocycles. The summed E-state index contributed by atoms with van der Waals surface area (Å²) in [6.07, 6.45) is -0.669. The Hall–Kier alpha value is -0.490. The van der Waals surface area contributed by atoms with Crippen molar-refractivity contribution in [3.8, 4) is 0 Å². The van der Waals surface area contributed by atoms with E-state index in [1.165, 1.54) is 0 Å². The molecular formula is C9H18ClNO4S. The molecule has 0 saturated heterocycles. The maximum atomic E-state index is 11.4. The van der Waals surface area contributed by atoms with Gasteiger partial charge in [-0.25, -0.2) is 13.2 Å². The van der Waals surface area contributed by atoms with E-state index in [1.807, 2.05) is 0 Å². The summed E-state index contributed by atoms with van der Waals surface area (Å²) in [5.74, 6) is -0.360. The lowest BCUT2D eigenvalue weighted by Crippen LogP contribution is -2.49. The summed E-state index contributed by atoms with van der Waals surface area (Å²) < 4.78 is 26.8. The molecule has 0 rings (SSSR count). The van der Waals surface area contributed by atoms with Gasteiger partial charge in [0.15, 0.2) is 0 Å². The Morgan fingerprint density at radius 3 is 2.00 bits per heavy atom. The first-order valence-corrected chi connectivity index (χ1v) is 7.22. The van der Waals surface area contributed by atoms with Gasteiger partial charge in [-0.3, -0.25) is 0 Å². The molecule has 0 spiro atoms. The fraction of sp³-hybridized carbons (Fsp3) is 0.889. The predicted molar refractivity (Wildman–Crippen MR) is 63.1 cm³/mol. The number of alkyl carbamates (subject to hydrolysis) is 1. The smallest absolute Gasteiger partial charge is 0.408 e. The van der Waals surface area contributed by atoms with Crippen molar-refractivity contribution in [2.75, 3.05) is 5.75 Å². The van der Waals surface area contributed by atoms with E-state index in [0.717, 1.165) is 0 Å². The Kier molecular flexibility index (Phi) is 4.64. The molecule has 1 amide bonds. The first kappa shape index (κ1) is 15.5. The molecule has 0 aliphatic rings. The number of nitrogens with one attached hydrogen (secondary N) is 1. The fourth-order valence-electron chi connectivity index (χ4n) is 1.05. The van der Waals surface area contributed by atoms with Crippen LogP contribution in [0.1, 0.15) is 34.6 Å². The quantitative estimate of drug-likeness (QED) is 0.795. The van der Waals surface area contributed by atoms with E-state index in [1.54, 1.807) is 34.6 Å². The van der Waals surface area contributed by atoms with Crippen LogP contribution in [-0.4, -0.2) is 31.4 Å². The molecule has 0 aromatic heterocycles. The zero-order valence-corrected chi connectivity index (χ0v) is 11.7. The molecule has 0 atom stereocenters. The second kappa shape index (κ2) is 4.79. The van der Waals surface area contributed by atoms with Gasteiger partial charge in [0, 0.05) is 10.7 Å². The summed E-state index contributed by atoms with van der Waals surface area (Å²) in [6, 6.07) is 0. The molecule has 0 heterocycles. The summed E-state index contributed by atoms with van der Waals surface area (Å²) in [4.78, 5) is 11.4.